The molecule has 1 aromatic heterocycles. The van der Waals surface area contributed by atoms with Crippen LogP contribution in [0.1, 0.15) is 5.56 Å². The van der Waals surface area contributed by atoms with Crippen LogP contribution in [0.4, 0.5) is 5.69 Å². The molecule has 2 rings (SSSR count). The van der Waals surface area contributed by atoms with Crippen molar-refractivity contribution >= 4 is 17.3 Å². The van der Waals surface area contributed by atoms with Crippen LogP contribution in [-0.2, 0) is 13.0 Å². The molecule has 0 aliphatic rings. The standard InChI is InChI=1S/C12H12ClN3O2/c13-10-7-16(12(18)15-11(10)17)6-5-8-1-3-9(14)4-2-8/h1-4,7H,5-6,14H2,(H,15,17,18). The second-order valence-electron chi connectivity index (χ2n) is 3.92. The van der Waals surface area contributed by atoms with Crippen LogP contribution in [0.3, 0.4) is 0 Å². The number of aryl methyl sites for hydroxylation is 2. The van der Waals surface area contributed by atoms with Gasteiger partial charge in [-0.3, -0.25) is 14.3 Å². The molecule has 94 valence electrons. The number of nitrogens with zero attached hydrogens (tertiary/aromatic N) is 1. The molecule has 5 nitrogen and oxygen atoms in total. The van der Waals surface area contributed by atoms with Gasteiger partial charge in [0.2, 0.25) is 0 Å². The van der Waals surface area contributed by atoms with Crippen LogP contribution < -0.4 is 17.0 Å². The lowest BCUT2D eigenvalue weighted by Crippen LogP contribution is -2.30. The Hall–Kier alpha value is -2.01. The van der Waals surface area contributed by atoms with E-state index in [1.165, 1.54) is 10.8 Å². The molecule has 0 saturated carbocycles. The van der Waals surface area contributed by atoms with E-state index in [9.17, 15) is 9.59 Å². The quantitative estimate of drug-likeness (QED) is 0.813. The summed E-state index contributed by atoms with van der Waals surface area (Å²) in [5, 5.41) is 0.00639. The zero-order valence-corrected chi connectivity index (χ0v) is 10.3. The molecule has 0 atom stereocenters. The zero-order chi connectivity index (χ0) is 13.1. The fraction of sp³-hybridized carbons (Fsp3) is 0.167. The van der Waals surface area contributed by atoms with Crippen molar-refractivity contribution < 1.29 is 0 Å². The molecule has 2 aromatic rings. The van der Waals surface area contributed by atoms with Crippen molar-refractivity contribution in [2.45, 2.75) is 13.0 Å². The molecular formula is C12H12ClN3O2. The van der Waals surface area contributed by atoms with Crippen molar-refractivity contribution in [3.05, 3.63) is 61.9 Å². The van der Waals surface area contributed by atoms with E-state index in [-0.39, 0.29) is 5.02 Å². The van der Waals surface area contributed by atoms with E-state index in [1.807, 2.05) is 12.1 Å². The first-order chi connectivity index (χ1) is 8.56. The highest BCUT2D eigenvalue weighted by Crippen LogP contribution is 2.07. The van der Waals surface area contributed by atoms with Gasteiger partial charge in [-0.05, 0) is 24.1 Å². The van der Waals surface area contributed by atoms with Crippen molar-refractivity contribution in [3.63, 3.8) is 0 Å². The number of hydrogen-bond acceptors (Lipinski definition) is 3. The molecule has 0 aliphatic heterocycles. The number of benzene rings is 1. The molecule has 1 aromatic carbocycles. The smallest absolute Gasteiger partial charge is 0.328 e. The molecule has 0 bridgehead atoms. The molecule has 0 unspecified atom stereocenters. The first-order valence-corrected chi connectivity index (χ1v) is 5.78. The topological polar surface area (TPSA) is 80.9 Å². The Morgan fingerprint density at radius 3 is 2.56 bits per heavy atom. The Bertz CT molecular complexity index is 658. The molecule has 0 spiro atoms. The van der Waals surface area contributed by atoms with Crippen molar-refractivity contribution in [1.82, 2.24) is 9.55 Å². The first-order valence-electron chi connectivity index (χ1n) is 5.40. The highest BCUT2D eigenvalue weighted by Gasteiger charge is 2.02. The number of aromatic amines is 1. The van der Waals surface area contributed by atoms with Gasteiger partial charge in [0.05, 0.1) is 0 Å². The van der Waals surface area contributed by atoms with Crippen molar-refractivity contribution in [3.8, 4) is 0 Å². The highest BCUT2D eigenvalue weighted by atomic mass is 35.5. The summed E-state index contributed by atoms with van der Waals surface area (Å²) in [4.78, 5) is 24.7. The molecule has 18 heavy (non-hydrogen) atoms. The summed E-state index contributed by atoms with van der Waals surface area (Å²) < 4.78 is 1.38. The summed E-state index contributed by atoms with van der Waals surface area (Å²) in [5.41, 5.74) is 6.31. The van der Waals surface area contributed by atoms with Crippen molar-refractivity contribution in [1.29, 1.82) is 0 Å². The molecule has 0 amide bonds. The third-order valence-electron chi connectivity index (χ3n) is 2.59. The minimum atomic E-state index is -0.564. The number of nitrogen functional groups attached to an aromatic ring is 1. The maximum absolute atomic E-state index is 11.5. The molecule has 0 radical (unpaired) electrons. The minimum absolute atomic E-state index is 0.00639. The van der Waals surface area contributed by atoms with Gasteiger partial charge in [0.25, 0.3) is 5.56 Å². The first kappa shape index (κ1) is 12.4. The van der Waals surface area contributed by atoms with Crippen molar-refractivity contribution in [2.24, 2.45) is 0 Å². The third-order valence-corrected chi connectivity index (χ3v) is 2.86. The zero-order valence-electron chi connectivity index (χ0n) is 9.52. The molecule has 0 aliphatic carbocycles. The van der Waals surface area contributed by atoms with Crippen LogP contribution >= 0.6 is 11.6 Å². The highest BCUT2D eigenvalue weighted by molar-refractivity contribution is 6.30. The maximum atomic E-state index is 11.5. The van der Waals surface area contributed by atoms with Crippen molar-refractivity contribution in [2.75, 3.05) is 5.73 Å². The largest absolute Gasteiger partial charge is 0.399 e. The van der Waals surface area contributed by atoms with Gasteiger partial charge in [0.1, 0.15) is 5.02 Å². The van der Waals surface area contributed by atoms with Gasteiger partial charge in [-0.2, -0.15) is 0 Å². The number of aromatic nitrogens is 2. The van der Waals surface area contributed by atoms with Gasteiger partial charge in [0.15, 0.2) is 0 Å². The lowest BCUT2D eigenvalue weighted by atomic mass is 10.1. The Kier molecular flexibility index (Phi) is 3.53. The van der Waals surface area contributed by atoms with E-state index in [1.54, 1.807) is 12.1 Å². The van der Waals surface area contributed by atoms with Gasteiger partial charge >= 0.3 is 5.69 Å². The van der Waals surface area contributed by atoms with Crippen LogP contribution in [0, 0.1) is 0 Å². The van der Waals surface area contributed by atoms with E-state index >= 15 is 0 Å². The second kappa shape index (κ2) is 5.10. The van der Waals surface area contributed by atoms with Gasteiger partial charge in [-0.25, -0.2) is 4.79 Å². The number of nitrogens with two attached hydrogens (primary N) is 1. The summed E-state index contributed by atoms with van der Waals surface area (Å²) in [7, 11) is 0. The average molecular weight is 266 g/mol. The number of hydrogen-bond donors (Lipinski definition) is 2. The summed E-state index contributed by atoms with van der Waals surface area (Å²) in [6.45, 7) is 0.444. The Morgan fingerprint density at radius 2 is 1.89 bits per heavy atom. The lowest BCUT2D eigenvalue weighted by Gasteiger charge is -2.05. The van der Waals surface area contributed by atoms with E-state index in [4.69, 9.17) is 17.3 Å². The molecule has 3 N–H and O–H groups in total. The average Bonchev–Trinajstić information content (AvgIpc) is 2.34. The maximum Gasteiger partial charge on any atom is 0.328 e. The second-order valence-corrected chi connectivity index (χ2v) is 4.33. The number of nitrogens with one attached hydrogen (secondary N) is 1. The summed E-state index contributed by atoms with van der Waals surface area (Å²) in [6, 6.07) is 7.40. The van der Waals surface area contributed by atoms with E-state index in [0.29, 0.717) is 18.7 Å². The monoisotopic (exact) mass is 265 g/mol. The predicted molar refractivity (Wildman–Crippen MR) is 70.9 cm³/mol. The van der Waals surface area contributed by atoms with Gasteiger partial charge in [0, 0.05) is 18.4 Å². The predicted octanol–water partition coefficient (Wildman–Crippen LogP) is 1.01. The SMILES string of the molecule is Nc1ccc(CCn2cc(Cl)c(=O)[nH]c2=O)cc1. The fourth-order valence-electron chi connectivity index (χ4n) is 1.58. The Labute approximate surface area is 108 Å². The number of halogens is 1. The van der Waals surface area contributed by atoms with E-state index in [2.05, 4.69) is 4.98 Å². The Morgan fingerprint density at radius 1 is 1.22 bits per heavy atom. The Balaban J connectivity index is 2.15. The van der Waals surface area contributed by atoms with Gasteiger partial charge in [-0.15, -0.1) is 0 Å². The normalized spacial score (nSPS) is 10.5. The molecule has 1 heterocycles. The summed E-state index contributed by atoms with van der Waals surface area (Å²) in [6.07, 6.45) is 2.00. The van der Waals surface area contributed by atoms with Crippen LogP contribution in [0.2, 0.25) is 5.02 Å². The summed E-state index contributed by atoms with van der Waals surface area (Å²) >= 11 is 5.67. The van der Waals surface area contributed by atoms with Crippen LogP contribution in [0.15, 0.2) is 40.1 Å². The van der Waals surface area contributed by atoms with Gasteiger partial charge in [-0.1, -0.05) is 23.7 Å². The fourth-order valence-corrected chi connectivity index (χ4v) is 1.75. The van der Waals surface area contributed by atoms with Crippen LogP contribution in [-0.4, -0.2) is 9.55 Å². The van der Waals surface area contributed by atoms with Crippen LogP contribution in [0.25, 0.3) is 0 Å². The molecule has 0 saturated heterocycles. The number of H-pyrrole nitrogens is 1. The molecule has 6 heteroatoms. The van der Waals surface area contributed by atoms with E-state index < -0.39 is 11.2 Å². The van der Waals surface area contributed by atoms with Crippen LogP contribution in [0.5, 0.6) is 0 Å². The van der Waals surface area contributed by atoms with Gasteiger partial charge < -0.3 is 5.73 Å². The van der Waals surface area contributed by atoms with E-state index in [0.717, 1.165) is 5.56 Å². The molecular weight excluding hydrogens is 254 g/mol. The third kappa shape index (κ3) is 2.81. The lowest BCUT2D eigenvalue weighted by molar-refractivity contribution is 0.645. The number of anilines is 1. The number of rotatable bonds is 3. The summed E-state index contributed by atoms with van der Waals surface area (Å²) in [5.74, 6) is 0. The molecule has 0 fully saturated rings. The minimum Gasteiger partial charge on any atom is -0.399 e.